The lowest BCUT2D eigenvalue weighted by Crippen LogP contribution is -2.36. The second-order valence-electron chi connectivity index (χ2n) is 8.56. The molecule has 2 aromatic carbocycles. The normalized spacial score (nSPS) is 18.2. The predicted octanol–water partition coefficient (Wildman–Crippen LogP) is 4.12. The zero-order chi connectivity index (χ0) is 23.5. The molecule has 1 amide bonds. The zero-order valence-corrected chi connectivity index (χ0v) is 19.8. The smallest absolute Gasteiger partial charge is 0.317 e. The van der Waals surface area contributed by atoms with E-state index in [9.17, 15) is 18.0 Å². The molecule has 1 heterocycles. The molecule has 0 radical (unpaired) electrons. The number of ether oxygens (including phenoxy) is 1. The number of carbonyl (C=O) groups is 2. The highest BCUT2D eigenvalue weighted by atomic mass is 35.5. The Morgan fingerprint density at radius 2 is 1.55 bits per heavy atom. The summed E-state index contributed by atoms with van der Waals surface area (Å²) in [7, 11) is -3.51. The van der Waals surface area contributed by atoms with Gasteiger partial charge < -0.3 is 10.1 Å². The minimum absolute atomic E-state index is 0.194. The average Bonchev–Trinajstić information content (AvgIpc) is 3.52. The lowest BCUT2D eigenvalue weighted by molar-refractivity contribution is -0.153. The Morgan fingerprint density at radius 1 is 0.939 bits per heavy atom. The van der Waals surface area contributed by atoms with Gasteiger partial charge in [-0.3, -0.25) is 9.59 Å². The van der Waals surface area contributed by atoms with Gasteiger partial charge in [0.05, 0.1) is 10.3 Å². The Hall–Kier alpha value is -2.42. The van der Waals surface area contributed by atoms with E-state index in [0.717, 1.165) is 31.2 Å². The lowest BCUT2D eigenvalue weighted by atomic mass is 9.79. The van der Waals surface area contributed by atoms with Gasteiger partial charge in [0.1, 0.15) is 0 Å². The molecule has 33 heavy (non-hydrogen) atoms. The molecule has 2 aromatic rings. The van der Waals surface area contributed by atoms with Crippen molar-refractivity contribution in [1.82, 2.24) is 4.31 Å². The molecule has 1 saturated heterocycles. The summed E-state index contributed by atoms with van der Waals surface area (Å²) in [5.41, 5.74) is 0.533. The molecule has 0 atom stereocenters. The number of hydrogen-bond donors (Lipinski definition) is 1. The first-order valence-electron chi connectivity index (χ1n) is 11.1. The number of amides is 1. The van der Waals surface area contributed by atoms with E-state index in [4.69, 9.17) is 16.3 Å². The van der Waals surface area contributed by atoms with Crippen molar-refractivity contribution in [2.75, 3.05) is 25.0 Å². The van der Waals surface area contributed by atoms with Crippen molar-refractivity contribution >= 4 is 39.2 Å². The molecule has 7 nitrogen and oxygen atoms in total. The largest absolute Gasteiger partial charge is 0.455 e. The van der Waals surface area contributed by atoms with E-state index in [-0.39, 0.29) is 4.90 Å². The van der Waals surface area contributed by atoms with Crippen molar-refractivity contribution in [3.63, 3.8) is 0 Å². The Morgan fingerprint density at radius 3 is 2.15 bits per heavy atom. The van der Waals surface area contributed by atoms with Crippen molar-refractivity contribution in [2.45, 2.75) is 48.8 Å². The van der Waals surface area contributed by atoms with Crippen LogP contribution >= 0.6 is 11.6 Å². The summed E-state index contributed by atoms with van der Waals surface area (Å²) >= 11 is 5.99. The number of rotatable bonds is 7. The highest BCUT2D eigenvalue weighted by Crippen LogP contribution is 2.42. The van der Waals surface area contributed by atoms with E-state index in [1.165, 1.54) is 28.6 Å². The Balaban J connectivity index is 1.36. The van der Waals surface area contributed by atoms with Crippen LogP contribution in [0.4, 0.5) is 5.69 Å². The van der Waals surface area contributed by atoms with Gasteiger partial charge in [-0.05, 0) is 67.6 Å². The number of anilines is 1. The van der Waals surface area contributed by atoms with E-state index in [1.807, 2.05) is 12.1 Å². The fraction of sp³-hybridized carbons (Fsp3) is 0.417. The summed E-state index contributed by atoms with van der Waals surface area (Å²) < 4.78 is 32.1. The molecule has 9 heteroatoms. The number of esters is 1. The van der Waals surface area contributed by atoms with Gasteiger partial charge in [-0.1, -0.05) is 36.6 Å². The molecule has 1 N–H and O–H groups in total. The number of benzene rings is 2. The number of hydrogen-bond acceptors (Lipinski definition) is 5. The van der Waals surface area contributed by atoms with Crippen molar-refractivity contribution in [1.29, 1.82) is 0 Å². The molecule has 1 aliphatic heterocycles. The van der Waals surface area contributed by atoms with Gasteiger partial charge in [-0.2, -0.15) is 4.31 Å². The van der Waals surface area contributed by atoms with Crippen LogP contribution in [-0.2, 0) is 29.8 Å². The highest BCUT2D eigenvalue weighted by molar-refractivity contribution is 7.89. The Kier molecular flexibility index (Phi) is 7.07. The summed E-state index contributed by atoms with van der Waals surface area (Å²) in [5, 5.41) is 3.25. The Labute approximate surface area is 199 Å². The first-order chi connectivity index (χ1) is 15.8. The van der Waals surface area contributed by atoms with Crippen LogP contribution in [-0.4, -0.2) is 44.3 Å². The molecule has 1 saturated carbocycles. The molecule has 2 fully saturated rings. The molecule has 0 spiro atoms. The summed E-state index contributed by atoms with van der Waals surface area (Å²) in [6, 6.07) is 13.2. The van der Waals surface area contributed by atoms with Gasteiger partial charge in [0.2, 0.25) is 10.0 Å². The number of carbonyl (C=O) groups excluding carboxylic acids is 2. The van der Waals surface area contributed by atoms with E-state index < -0.39 is 33.9 Å². The minimum atomic E-state index is -3.51. The number of halogens is 1. The molecule has 2 aliphatic rings. The van der Waals surface area contributed by atoms with Crippen LogP contribution in [0.25, 0.3) is 0 Å². The van der Waals surface area contributed by atoms with Gasteiger partial charge in [-0.25, -0.2) is 8.42 Å². The van der Waals surface area contributed by atoms with Crippen molar-refractivity contribution in [3.05, 3.63) is 59.1 Å². The fourth-order valence-corrected chi connectivity index (χ4v) is 6.26. The van der Waals surface area contributed by atoms with Crippen LogP contribution in [0.5, 0.6) is 0 Å². The van der Waals surface area contributed by atoms with Crippen molar-refractivity contribution in [2.24, 2.45) is 0 Å². The number of sulfonamides is 1. The van der Waals surface area contributed by atoms with Gasteiger partial charge in [0.15, 0.2) is 6.61 Å². The molecule has 0 unspecified atom stereocenters. The van der Waals surface area contributed by atoms with E-state index in [1.54, 1.807) is 12.1 Å². The maximum atomic E-state index is 13.0. The van der Waals surface area contributed by atoms with Crippen molar-refractivity contribution < 1.29 is 22.7 Å². The van der Waals surface area contributed by atoms with Crippen molar-refractivity contribution in [3.8, 4) is 0 Å². The van der Waals surface area contributed by atoms with E-state index in [0.29, 0.717) is 36.6 Å². The maximum Gasteiger partial charge on any atom is 0.317 e. The quantitative estimate of drug-likeness (QED) is 0.589. The molecule has 4 rings (SSSR count). The highest BCUT2D eigenvalue weighted by Gasteiger charge is 2.44. The van der Waals surface area contributed by atoms with Gasteiger partial charge >= 0.3 is 5.97 Å². The summed E-state index contributed by atoms with van der Waals surface area (Å²) in [5.74, 6) is -0.896. The van der Waals surface area contributed by atoms with Crippen LogP contribution in [0.2, 0.25) is 5.02 Å². The van der Waals surface area contributed by atoms with E-state index >= 15 is 0 Å². The molecule has 1 aliphatic carbocycles. The van der Waals surface area contributed by atoms with Gasteiger partial charge in [0, 0.05) is 23.8 Å². The first kappa shape index (κ1) is 23.7. The van der Waals surface area contributed by atoms with Crippen LogP contribution < -0.4 is 5.32 Å². The SMILES string of the molecule is O=C(COC(=O)C1(c2ccc(Cl)cc2)CCCC1)Nc1ccc(S(=O)(=O)N2CCCC2)cc1. The first-order valence-corrected chi connectivity index (χ1v) is 13.0. The number of nitrogens with zero attached hydrogens (tertiary/aromatic N) is 1. The van der Waals surface area contributed by atoms with Gasteiger partial charge in [-0.15, -0.1) is 0 Å². The van der Waals surface area contributed by atoms with Crippen LogP contribution in [0, 0.1) is 0 Å². The third kappa shape index (κ3) is 5.08. The zero-order valence-electron chi connectivity index (χ0n) is 18.3. The third-order valence-electron chi connectivity index (χ3n) is 6.42. The molecule has 0 bridgehead atoms. The second-order valence-corrected chi connectivity index (χ2v) is 10.9. The topological polar surface area (TPSA) is 92.8 Å². The predicted molar refractivity (Wildman–Crippen MR) is 126 cm³/mol. The molecule has 0 aromatic heterocycles. The fourth-order valence-electron chi connectivity index (χ4n) is 4.61. The summed E-state index contributed by atoms with van der Waals surface area (Å²) in [6.07, 6.45) is 4.90. The minimum Gasteiger partial charge on any atom is -0.455 e. The number of nitrogens with one attached hydrogen (secondary N) is 1. The lowest BCUT2D eigenvalue weighted by Gasteiger charge is -2.27. The van der Waals surface area contributed by atoms with Crippen LogP contribution in [0.15, 0.2) is 53.4 Å². The standard InChI is InChI=1S/C24H27ClN2O5S/c25-19-7-5-18(6-8-19)24(13-1-2-14-24)23(29)32-17-22(28)26-20-9-11-21(12-10-20)33(30,31)27-15-3-4-16-27/h5-12H,1-4,13-17H2,(H,26,28). The molecular weight excluding hydrogens is 464 g/mol. The monoisotopic (exact) mass is 490 g/mol. The van der Waals surface area contributed by atoms with E-state index in [2.05, 4.69) is 5.32 Å². The van der Waals surface area contributed by atoms with Gasteiger partial charge in [0.25, 0.3) is 5.91 Å². The van der Waals surface area contributed by atoms with Crippen LogP contribution in [0.3, 0.4) is 0 Å². The summed E-state index contributed by atoms with van der Waals surface area (Å²) in [6.45, 7) is 0.648. The average molecular weight is 491 g/mol. The molecular formula is C24H27ClN2O5S. The third-order valence-corrected chi connectivity index (χ3v) is 8.58. The Bertz CT molecular complexity index is 1100. The second kappa shape index (κ2) is 9.83. The maximum absolute atomic E-state index is 13.0. The summed E-state index contributed by atoms with van der Waals surface area (Å²) in [4.78, 5) is 25.6. The molecule has 176 valence electrons. The van der Waals surface area contributed by atoms with Crippen LogP contribution in [0.1, 0.15) is 44.1 Å².